The van der Waals surface area contributed by atoms with Crippen molar-refractivity contribution >= 4 is 35.2 Å². The maximum atomic E-state index is 6.09. The molecule has 1 aromatic heterocycles. The van der Waals surface area contributed by atoms with Crippen LogP contribution in [0.15, 0.2) is 30.9 Å². The van der Waals surface area contributed by atoms with Gasteiger partial charge in [-0.1, -0.05) is 23.2 Å². The van der Waals surface area contributed by atoms with Crippen LogP contribution in [0.1, 0.15) is 5.56 Å². The molecule has 6 heteroatoms. The number of benzene rings is 1. The molecule has 0 atom stereocenters. The van der Waals surface area contributed by atoms with E-state index in [1.807, 2.05) is 0 Å². The second-order valence-electron chi connectivity index (χ2n) is 3.20. The van der Waals surface area contributed by atoms with E-state index in [1.165, 1.54) is 11.0 Å². The molecule has 0 aliphatic heterocycles. The molecule has 0 saturated carbocycles. The summed E-state index contributed by atoms with van der Waals surface area (Å²) in [6.07, 6.45) is 4.68. The van der Waals surface area contributed by atoms with E-state index in [2.05, 4.69) is 10.1 Å². The molecule has 0 aliphatic carbocycles. The van der Waals surface area contributed by atoms with Crippen LogP contribution in [0.4, 0.5) is 0 Å². The largest absolute Gasteiger partial charge is 0.494 e. The van der Waals surface area contributed by atoms with Gasteiger partial charge >= 0.3 is 0 Å². The zero-order valence-electron chi connectivity index (χ0n) is 8.97. The summed E-state index contributed by atoms with van der Waals surface area (Å²) in [5, 5.41) is 5.05. The van der Waals surface area contributed by atoms with Gasteiger partial charge in [-0.15, -0.1) is 0 Å². The Morgan fingerprint density at radius 2 is 2.24 bits per heavy atom. The minimum absolute atomic E-state index is 0.519. The fraction of sp³-hybridized carbons (Fsp3) is 0.0909. The fourth-order valence-corrected chi connectivity index (χ4v) is 1.83. The summed E-state index contributed by atoms with van der Waals surface area (Å²) in [6.45, 7) is 0. The first-order valence-corrected chi connectivity index (χ1v) is 5.51. The standard InChI is InChI=1S/C11H9Cl2N3O/c1-17-11(5-16-7-14-6-15-16)9-3-2-8(12)4-10(9)13/h2-7H,1H3. The van der Waals surface area contributed by atoms with Crippen molar-refractivity contribution in [2.45, 2.75) is 0 Å². The van der Waals surface area contributed by atoms with E-state index in [0.29, 0.717) is 15.8 Å². The number of nitrogens with zero attached hydrogens (tertiary/aromatic N) is 3. The highest BCUT2D eigenvalue weighted by Gasteiger charge is 2.07. The van der Waals surface area contributed by atoms with Crippen LogP contribution in [0.5, 0.6) is 0 Å². The molecule has 0 amide bonds. The van der Waals surface area contributed by atoms with Crippen LogP contribution >= 0.6 is 23.2 Å². The van der Waals surface area contributed by atoms with Crippen molar-refractivity contribution in [3.05, 3.63) is 46.5 Å². The monoisotopic (exact) mass is 269 g/mol. The van der Waals surface area contributed by atoms with Crippen LogP contribution in [0.3, 0.4) is 0 Å². The highest BCUT2D eigenvalue weighted by atomic mass is 35.5. The molecule has 88 valence electrons. The Bertz CT molecular complexity index is 538. The first-order valence-electron chi connectivity index (χ1n) is 4.76. The zero-order valence-corrected chi connectivity index (χ0v) is 10.5. The van der Waals surface area contributed by atoms with E-state index in [9.17, 15) is 0 Å². The third kappa shape index (κ3) is 2.78. The Hall–Kier alpha value is -1.52. The maximum absolute atomic E-state index is 6.09. The first kappa shape index (κ1) is 12.0. The van der Waals surface area contributed by atoms with Gasteiger partial charge in [-0.2, -0.15) is 5.10 Å². The average Bonchev–Trinajstić information content (AvgIpc) is 2.79. The Labute approximate surface area is 108 Å². The fourth-order valence-electron chi connectivity index (χ4n) is 1.33. The number of halogens is 2. The van der Waals surface area contributed by atoms with E-state index in [1.54, 1.807) is 37.8 Å². The van der Waals surface area contributed by atoms with Crippen LogP contribution in [0.25, 0.3) is 12.0 Å². The van der Waals surface area contributed by atoms with Crippen molar-refractivity contribution in [2.24, 2.45) is 0 Å². The van der Waals surface area contributed by atoms with Crippen molar-refractivity contribution in [3.63, 3.8) is 0 Å². The van der Waals surface area contributed by atoms with Crippen molar-refractivity contribution in [1.29, 1.82) is 0 Å². The molecule has 2 aromatic rings. The lowest BCUT2D eigenvalue weighted by molar-refractivity contribution is 0.371. The molecule has 0 saturated heterocycles. The van der Waals surface area contributed by atoms with Crippen LogP contribution in [0.2, 0.25) is 10.0 Å². The van der Waals surface area contributed by atoms with Crippen LogP contribution in [0, 0.1) is 0 Å². The normalized spacial score (nSPS) is 11.6. The first-order chi connectivity index (χ1) is 8.20. The Balaban J connectivity index is 2.42. The summed E-state index contributed by atoms with van der Waals surface area (Å²) >= 11 is 11.9. The van der Waals surface area contributed by atoms with Crippen LogP contribution in [-0.2, 0) is 4.74 Å². The lowest BCUT2D eigenvalue weighted by Gasteiger charge is -2.08. The number of hydrogen-bond donors (Lipinski definition) is 0. The predicted molar refractivity (Wildman–Crippen MR) is 67.7 cm³/mol. The lowest BCUT2D eigenvalue weighted by Crippen LogP contribution is -1.94. The van der Waals surface area contributed by atoms with E-state index in [0.717, 1.165) is 5.56 Å². The predicted octanol–water partition coefficient (Wildman–Crippen LogP) is 3.19. The van der Waals surface area contributed by atoms with Gasteiger partial charge in [0.25, 0.3) is 0 Å². The SMILES string of the molecule is COC(=Cn1cncn1)c1ccc(Cl)cc1Cl. The maximum Gasteiger partial charge on any atom is 0.145 e. The molecule has 0 N–H and O–H groups in total. The molecule has 0 aliphatic rings. The Morgan fingerprint density at radius 3 is 2.82 bits per heavy atom. The van der Waals surface area contributed by atoms with Gasteiger partial charge in [0.15, 0.2) is 0 Å². The van der Waals surface area contributed by atoms with Crippen molar-refractivity contribution in [2.75, 3.05) is 7.11 Å². The quantitative estimate of drug-likeness (QED) is 0.804. The molecule has 0 radical (unpaired) electrons. The summed E-state index contributed by atoms with van der Waals surface area (Å²) in [7, 11) is 1.56. The molecule has 0 unspecified atom stereocenters. The topological polar surface area (TPSA) is 39.9 Å². The number of ether oxygens (including phenoxy) is 1. The van der Waals surface area contributed by atoms with Gasteiger partial charge in [-0.25, -0.2) is 9.67 Å². The number of rotatable bonds is 3. The van der Waals surface area contributed by atoms with Gasteiger partial charge in [0.05, 0.1) is 18.3 Å². The summed E-state index contributed by atoms with van der Waals surface area (Å²) in [6, 6.07) is 5.19. The molecular formula is C11H9Cl2N3O. The molecule has 4 nitrogen and oxygen atoms in total. The number of aromatic nitrogens is 3. The van der Waals surface area contributed by atoms with E-state index >= 15 is 0 Å². The molecule has 0 bridgehead atoms. The smallest absolute Gasteiger partial charge is 0.145 e. The second-order valence-corrected chi connectivity index (χ2v) is 4.04. The Morgan fingerprint density at radius 1 is 1.41 bits per heavy atom. The van der Waals surface area contributed by atoms with E-state index in [4.69, 9.17) is 27.9 Å². The minimum atomic E-state index is 0.519. The molecule has 2 rings (SSSR count). The Kier molecular flexibility index (Phi) is 3.66. The number of methoxy groups -OCH3 is 1. The molecule has 0 spiro atoms. The second kappa shape index (κ2) is 5.21. The van der Waals surface area contributed by atoms with Crippen LogP contribution in [-0.4, -0.2) is 21.9 Å². The molecule has 1 heterocycles. The zero-order chi connectivity index (χ0) is 12.3. The highest BCUT2D eigenvalue weighted by Crippen LogP contribution is 2.27. The van der Waals surface area contributed by atoms with Crippen molar-refractivity contribution in [3.8, 4) is 0 Å². The molecule has 1 aromatic carbocycles. The van der Waals surface area contributed by atoms with Crippen LogP contribution < -0.4 is 0 Å². The molecule has 0 fully saturated rings. The van der Waals surface area contributed by atoms with Gasteiger partial charge in [0.2, 0.25) is 0 Å². The molecule has 17 heavy (non-hydrogen) atoms. The van der Waals surface area contributed by atoms with Gasteiger partial charge in [-0.3, -0.25) is 0 Å². The summed E-state index contributed by atoms with van der Waals surface area (Å²) < 4.78 is 6.81. The number of hydrogen-bond acceptors (Lipinski definition) is 3. The van der Waals surface area contributed by atoms with Gasteiger partial charge < -0.3 is 4.74 Å². The summed E-state index contributed by atoms with van der Waals surface area (Å²) in [5.74, 6) is 0.581. The summed E-state index contributed by atoms with van der Waals surface area (Å²) in [4.78, 5) is 3.84. The highest BCUT2D eigenvalue weighted by molar-refractivity contribution is 6.35. The third-order valence-corrected chi connectivity index (χ3v) is 2.65. The van der Waals surface area contributed by atoms with Crippen molar-refractivity contribution < 1.29 is 4.74 Å². The van der Waals surface area contributed by atoms with Gasteiger partial charge in [-0.05, 0) is 18.2 Å². The minimum Gasteiger partial charge on any atom is -0.494 e. The summed E-state index contributed by atoms with van der Waals surface area (Å²) in [5.41, 5.74) is 0.745. The van der Waals surface area contributed by atoms with E-state index in [-0.39, 0.29) is 0 Å². The lowest BCUT2D eigenvalue weighted by atomic mass is 10.2. The van der Waals surface area contributed by atoms with Crippen molar-refractivity contribution in [1.82, 2.24) is 14.8 Å². The average molecular weight is 270 g/mol. The molecular weight excluding hydrogens is 261 g/mol. The van der Waals surface area contributed by atoms with Gasteiger partial charge in [0, 0.05) is 10.6 Å². The third-order valence-electron chi connectivity index (χ3n) is 2.10. The van der Waals surface area contributed by atoms with E-state index < -0.39 is 0 Å². The van der Waals surface area contributed by atoms with Gasteiger partial charge in [0.1, 0.15) is 18.4 Å².